The summed E-state index contributed by atoms with van der Waals surface area (Å²) in [6.07, 6.45) is 5.38. The molecule has 0 radical (unpaired) electrons. The Morgan fingerprint density at radius 3 is 2.72 bits per heavy atom. The van der Waals surface area contributed by atoms with E-state index in [1.54, 1.807) is 0 Å². The summed E-state index contributed by atoms with van der Waals surface area (Å²) in [5, 5.41) is 3.27. The molecular formula is C23H27N3O3. The Labute approximate surface area is 171 Å². The van der Waals surface area contributed by atoms with E-state index < -0.39 is 0 Å². The molecule has 29 heavy (non-hydrogen) atoms. The zero-order valence-electron chi connectivity index (χ0n) is 16.6. The second-order valence-electron chi connectivity index (χ2n) is 8.12. The van der Waals surface area contributed by atoms with Crippen LogP contribution in [0.4, 0.5) is 5.69 Å². The first kappa shape index (κ1) is 18.3. The van der Waals surface area contributed by atoms with Crippen LogP contribution in [0.3, 0.4) is 0 Å². The fourth-order valence-corrected chi connectivity index (χ4v) is 4.60. The zero-order chi connectivity index (χ0) is 19.7. The lowest BCUT2D eigenvalue weighted by molar-refractivity contribution is 0.0531. The summed E-state index contributed by atoms with van der Waals surface area (Å²) in [5.74, 6) is 2.06. The number of ether oxygens (including phenoxy) is 3. The van der Waals surface area contributed by atoms with Gasteiger partial charge in [-0.25, -0.2) is 0 Å². The highest BCUT2D eigenvalue weighted by atomic mass is 16.7. The number of benzene rings is 2. The zero-order valence-corrected chi connectivity index (χ0v) is 16.6. The SMILES string of the molecule is NC(=NCC1(c2ccc3c(c2)OCO3)CCOCC1)Nc1ccc2c(c1)CCC2. The number of hydrogen-bond acceptors (Lipinski definition) is 4. The van der Waals surface area contributed by atoms with Gasteiger partial charge in [-0.3, -0.25) is 4.99 Å². The van der Waals surface area contributed by atoms with Gasteiger partial charge in [-0.15, -0.1) is 0 Å². The summed E-state index contributed by atoms with van der Waals surface area (Å²) in [7, 11) is 0. The number of aliphatic imine (C=N–C) groups is 1. The number of nitrogens with zero attached hydrogens (tertiary/aromatic N) is 1. The number of anilines is 1. The van der Waals surface area contributed by atoms with E-state index in [0.29, 0.717) is 12.5 Å². The summed E-state index contributed by atoms with van der Waals surface area (Å²) < 4.78 is 16.7. The highest BCUT2D eigenvalue weighted by Gasteiger charge is 2.35. The average molecular weight is 393 g/mol. The van der Waals surface area contributed by atoms with E-state index in [0.717, 1.165) is 49.7 Å². The Morgan fingerprint density at radius 2 is 1.83 bits per heavy atom. The summed E-state index contributed by atoms with van der Waals surface area (Å²) in [4.78, 5) is 4.73. The van der Waals surface area contributed by atoms with Crippen molar-refractivity contribution in [3.8, 4) is 11.5 Å². The van der Waals surface area contributed by atoms with Crippen molar-refractivity contribution in [3.63, 3.8) is 0 Å². The normalized spacial score (nSPS) is 19.8. The van der Waals surface area contributed by atoms with E-state index in [-0.39, 0.29) is 12.2 Å². The molecule has 1 aliphatic carbocycles. The minimum absolute atomic E-state index is 0.108. The van der Waals surface area contributed by atoms with Crippen LogP contribution in [0.25, 0.3) is 0 Å². The Kier molecular flexibility index (Phi) is 4.79. The van der Waals surface area contributed by atoms with Gasteiger partial charge in [0.25, 0.3) is 0 Å². The van der Waals surface area contributed by atoms with Crippen LogP contribution >= 0.6 is 0 Å². The third kappa shape index (κ3) is 3.65. The second-order valence-corrected chi connectivity index (χ2v) is 8.12. The van der Waals surface area contributed by atoms with Crippen molar-refractivity contribution in [1.29, 1.82) is 0 Å². The fourth-order valence-electron chi connectivity index (χ4n) is 4.60. The van der Waals surface area contributed by atoms with Crippen molar-refractivity contribution >= 4 is 11.6 Å². The lowest BCUT2D eigenvalue weighted by atomic mass is 9.74. The van der Waals surface area contributed by atoms with Gasteiger partial charge < -0.3 is 25.3 Å². The maximum atomic E-state index is 6.26. The van der Waals surface area contributed by atoms with E-state index >= 15 is 0 Å². The fraction of sp³-hybridized carbons (Fsp3) is 0.435. The van der Waals surface area contributed by atoms with Gasteiger partial charge in [0.15, 0.2) is 17.5 Å². The van der Waals surface area contributed by atoms with Crippen molar-refractivity contribution in [1.82, 2.24) is 0 Å². The van der Waals surface area contributed by atoms with E-state index in [1.165, 1.54) is 29.5 Å². The first-order valence-corrected chi connectivity index (χ1v) is 10.4. The van der Waals surface area contributed by atoms with Crippen LogP contribution in [0.5, 0.6) is 11.5 Å². The first-order valence-electron chi connectivity index (χ1n) is 10.4. The third-order valence-electron chi connectivity index (χ3n) is 6.36. The van der Waals surface area contributed by atoms with Crippen molar-refractivity contribution in [3.05, 3.63) is 53.1 Å². The molecule has 1 fully saturated rings. The quantitative estimate of drug-likeness (QED) is 0.615. The predicted molar refractivity (Wildman–Crippen MR) is 113 cm³/mol. The molecule has 2 aromatic rings. The average Bonchev–Trinajstić information content (AvgIpc) is 3.41. The van der Waals surface area contributed by atoms with Crippen molar-refractivity contribution in [2.75, 3.05) is 31.9 Å². The second kappa shape index (κ2) is 7.59. The molecule has 0 bridgehead atoms. The van der Waals surface area contributed by atoms with Crippen LogP contribution in [0.1, 0.15) is 36.0 Å². The summed E-state index contributed by atoms with van der Waals surface area (Å²) >= 11 is 0. The topological polar surface area (TPSA) is 78.1 Å². The van der Waals surface area contributed by atoms with Crippen molar-refractivity contribution < 1.29 is 14.2 Å². The van der Waals surface area contributed by atoms with E-state index in [9.17, 15) is 0 Å². The minimum Gasteiger partial charge on any atom is -0.454 e. The molecule has 5 rings (SSSR count). The molecule has 6 nitrogen and oxygen atoms in total. The smallest absolute Gasteiger partial charge is 0.231 e. The molecular weight excluding hydrogens is 366 g/mol. The van der Waals surface area contributed by atoms with Crippen LogP contribution in [-0.4, -0.2) is 32.5 Å². The molecule has 6 heteroatoms. The van der Waals surface area contributed by atoms with Crippen LogP contribution in [0.2, 0.25) is 0 Å². The Balaban J connectivity index is 1.35. The Hall–Kier alpha value is -2.73. The van der Waals surface area contributed by atoms with E-state index in [1.807, 2.05) is 6.07 Å². The highest BCUT2D eigenvalue weighted by molar-refractivity contribution is 5.92. The molecule has 1 saturated heterocycles. The number of fused-ring (bicyclic) bond motifs is 2. The number of hydrogen-bond donors (Lipinski definition) is 2. The molecule has 0 unspecified atom stereocenters. The van der Waals surface area contributed by atoms with Gasteiger partial charge in [0.1, 0.15) is 0 Å². The van der Waals surface area contributed by atoms with E-state index in [2.05, 4.69) is 35.6 Å². The number of aryl methyl sites for hydroxylation is 2. The van der Waals surface area contributed by atoms with Gasteiger partial charge >= 0.3 is 0 Å². The molecule has 0 amide bonds. The minimum atomic E-state index is -0.108. The van der Waals surface area contributed by atoms with Crippen molar-refractivity contribution in [2.45, 2.75) is 37.5 Å². The largest absolute Gasteiger partial charge is 0.454 e. The maximum Gasteiger partial charge on any atom is 0.231 e. The molecule has 0 aromatic heterocycles. The molecule has 0 saturated carbocycles. The number of guanidine groups is 1. The van der Waals surface area contributed by atoms with Crippen LogP contribution in [0.15, 0.2) is 41.4 Å². The van der Waals surface area contributed by atoms with Gasteiger partial charge in [0.05, 0.1) is 6.54 Å². The molecule has 2 aliphatic heterocycles. The predicted octanol–water partition coefficient (Wildman–Crippen LogP) is 3.38. The van der Waals surface area contributed by atoms with Gasteiger partial charge in [0, 0.05) is 24.3 Å². The van der Waals surface area contributed by atoms with Crippen LogP contribution in [-0.2, 0) is 23.0 Å². The van der Waals surface area contributed by atoms with Gasteiger partial charge in [0.2, 0.25) is 6.79 Å². The van der Waals surface area contributed by atoms with Crippen LogP contribution < -0.4 is 20.5 Å². The lowest BCUT2D eigenvalue weighted by Crippen LogP contribution is -2.38. The standard InChI is InChI=1S/C23H27N3O3/c24-22(26-19-6-4-16-2-1-3-17(16)12-19)25-14-23(8-10-27-11-9-23)18-5-7-20-21(13-18)29-15-28-20/h4-7,12-13H,1-3,8-11,14-15H2,(H3,24,25,26). The summed E-state index contributed by atoms with van der Waals surface area (Å²) in [6, 6.07) is 12.7. The summed E-state index contributed by atoms with van der Waals surface area (Å²) in [6.45, 7) is 2.34. The monoisotopic (exact) mass is 393 g/mol. The molecule has 2 heterocycles. The summed E-state index contributed by atoms with van der Waals surface area (Å²) in [5.41, 5.74) is 11.2. The highest BCUT2D eigenvalue weighted by Crippen LogP contribution is 2.41. The maximum absolute atomic E-state index is 6.26. The molecule has 3 N–H and O–H groups in total. The van der Waals surface area contributed by atoms with Gasteiger partial charge in [-0.05, 0) is 73.1 Å². The van der Waals surface area contributed by atoms with Crippen LogP contribution in [0, 0.1) is 0 Å². The Morgan fingerprint density at radius 1 is 1.00 bits per heavy atom. The first-order chi connectivity index (χ1) is 14.2. The van der Waals surface area contributed by atoms with E-state index in [4.69, 9.17) is 24.9 Å². The Bertz CT molecular complexity index is 935. The van der Waals surface area contributed by atoms with Crippen molar-refractivity contribution in [2.24, 2.45) is 10.7 Å². The number of nitrogens with two attached hydrogens (primary N) is 1. The van der Waals surface area contributed by atoms with Gasteiger partial charge in [-0.2, -0.15) is 0 Å². The molecule has 0 spiro atoms. The van der Waals surface area contributed by atoms with Gasteiger partial charge in [-0.1, -0.05) is 12.1 Å². The number of rotatable bonds is 4. The number of nitrogens with one attached hydrogen (secondary N) is 1. The molecule has 2 aromatic carbocycles. The lowest BCUT2D eigenvalue weighted by Gasteiger charge is -2.36. The third-order valence-corrected chi connectivity index (χ3v) is 6.36. The molecule has 152 valence electrons. The molecule has 0 atom stereocenters. The molecule has 3 aliphatic rings.